The van der Waals surface area contributed by atoms with Crippen molar-refractivity contribution < 1.29 is 19.2 Å². The second-order valence-electron chi connectivity index (χ2n) is 9.61. The van der Waals surface area contributed by atoms with E-state index in [0.29, 0.717) is 28.7 Å². The van der Waals surface area contributed by atoms with Gasteiger partial charge in [0.2, 0.25) is 11.8 Å². The average Bonchev–Trinajstić information content (AvgIpc) is 3.62. The van der Waals surface area contributed by atoms with E-state index < -0.39 is 0 Å². The van der Waals surface area contributed by atoms with Crippen LogP contribution in [0.3, 0.4) is 0 Å². The molecule has 0 N–H and O–H groups in total. The third-order valence-electron chi connectivity index (χ3n) is 7.87. The van der Waals surface area contributed by atoms with E-state index in [9.17, 15) is 19.2 Å². The van der Waals surface area contributed by atoms with Crippen LogP contribution in [0.25, 0.3) is 0 Å². The summed E-state index contributed by atoms with van der Waals surface area (Å²) in [7, 11) is 0. The van der Waals surface area contributed by atoms with Crippen LogP contribution in [0.5, 0.6) is 0 Å². The fourth-order valence-electron chi connectivity index (χ4n) is 6.19. The maximum absolute atomic E-state index is 13.5. The normalized spacial score (nSPS) is 30.8. The van der Waals surface area contributed by atoms with Gasteiger partial charge >= 0.3 is 0 Å². The third kappa shape index (κ3) is 3.00. The lowest BCUT2D eigenvalue weighted by Crippen LogP contribution is -2.45. The number of allylic oxidation sites excluding steroid dienone is 2. The molecule has 2 bridgehead atoms. The van der Waals surface area contributed by atoms with Crippen molar-refractivity contribution in [1.82, 2.24) is 4.90 Å². The van der Waals surface area contributed by atoms with Crippen LogP contribution in [-0.4, -0.2) is 35.1 Å². The largest absolute Gasteiger partial charge is 0.295 e. The highest BCUT2D eigenvalue weighted by Crippen LogP contribution is 2.65. The highest BCUT2D eigenvalue weighted by molar-refractivity contribution is 6.10. The summed E-state index contributed by atoms with van der Waals surface area (Å²) in [5.41, 5.74) is 1.40. The number of carbonyl (C=O) groups excluding carboxylic acids is 4. The molecule has 5 aliphatic rings. The van der Waals surface area contributed by atoms with E-state index in [0.717, 1.165) is 6.42 Å². The number of benzene rings is 2. The van der Waals surface area contributed by atoms with E-state index in [1.165, 1.54) is 16.7 Å². The Morgan fingerprint density at radius 2 is 1.48 bits per heavy atom. The Morgan fingerprint density at radius 3 is 2.09 bits per heavy atom. The summed E-state index contributed by atoms with van der Waals surface area (Å²) in [6.45, 7) is 1.31. The standard InChI is InChI=1S/C27H24N2O4/c1-15(30)17-8-5-9-18(12-17)28(25(31)16-6-3-2-4-7-16)14-29-26(32)23-19-10-11-20(22-13-21(19)22)24(23)27(29)33/h2-12,19-24H,13-14H2,1H3/t19-,20-,21-,22-,23-,24+/m0/s1. The van der Waals surface area contributed by atoms with E-state index in [2.05, 4.69) is 12.2 Å². The topological polar surface area (TPSA) is 74.8 Å². The first-order valence-electron chi connectivity index (χ1n) is 11.5. The van der Waals surface area contributed by atoms with Gasteiger partial charge in [-0.05, 0) is 61.3 Å². The maximum Gasteiger partial charge on any atom is 0.259 e. The zero-order valence-corrected chi connectivity index (χ0v) is 18.3. The van der Waals surface area contributed by atoms with Crippen molar-refractivity contribution in [2.45, 2.75) is 13.3 Å². The predicted octanol–water partition coefficient (Wildman–Crippen LogP) is 3.55. The monoisotopic (exact) mass is 440 g/mol. The number of hydrogen-bond acceptors (Lipinski definition) is 4. The number of rotatable bonds is 5. The Labute approximate surface area is 191 Å². The Morgan fingerprint density at radius 1 is 0.879 bits per heavy atom. The molecular formula is C27H24N2O4. The Balaban J connectivity index is 1.36. The van der Waals surface area contributed by atoms with Crippen molar-refractivity contribution in [2.75, 3.05) is 11.6 Å². The lowest BCUT2D eigenvalue weighted by Gasteiger charge is -2.37. The second-order valence-corrected chi connectivity index (χ2v) is 9.61. The molecule has 166 valence electrons. The first-order valence-corrected chi connectivity index (χ1v) is 11.5. The van der Waals surface area contributed by atoms with Gasteiger partial charge in [0.1, 0.15) is 6.67 Å². The highest BCUT2D eigenvalue weighted by atomic mass is 16.2. The third-order valence-corrected chi connectivity index (χ3v) is 7.87. The number of imide groups is 1. The van der Waals surface area contributed by atoms with E-state index in [-0.39, 0.29) is 53.8 Å². The van der Waals surface area contributed by atoms with E-state index >= 15 is 0 Å². The van der Waals surface area contributed by atoms with Gasteiger partial charge < -0.3 is 0 Å². The van der Waals surface area contributed by atoms with Gasteiger partial charge in [-0.15, -0.1) is 0 Å². The molecule has 7 rings (SSSR count). The van der Waals surface area contributed by atoms with Crippen molar-refractivity contribution >= 4 is 29.2 Å². The van der Waals surface area contributed by atoms with Gasteiger partial charge in [-0.25, -0.2) is 0 Å². The molecule has 33 heavy (non-hydrogen) atoms. The summed E-state index contributed by atoms with van der Waals surface area (Å²) in [5.74, 6) is -0.120. The summed E-state index contributed by atoms with van der Waals surface area (Å²) in [6.07, 6.45) is 5.38. The number of hydrogen-bond donors (Lipinski definition) is 0. The fourth-order valence-corrected chi connectivity index (χ4v) is 6.19. The molecule has 3 amide bonds. The fraction of sp³-hybridized carbons (Fsp3) is 0.333. The number of anilines is 1. The van der Waals surface area contributed by atoms with Gasteiger partial charge in [-0.1, -0.05) is 42.5 Å². The Bertz CT molecular complexity index is 1180. The van der Waals surface area contributed by atoms with E-state index in [1.807, 2.05) is 6.07 Å². The lowest BCUT2D eigenvalue weighted by atomic mass is 9.63. The zero-order chi connectivity index (χ0) is 22.9. The van der Waals surface area contributed by atoms with Crippen LogP contribution in [0.1, 0.15) is 34.1 Å². The molecule has 0 spiro atoms. The molecular weight excluding hydrogens is 416 g/mol. The minimum atomic E-state index is -0.323. The number of carbonyl (C=O) groups is 4. The number of Topliss-reactive ketones (excluding diaryl/α,β-unsaturated/α-hetero) is 1. The smallest absolute Gasteiger partial charge is 0.259 e. The minimum Gasteiger partial charge on any atom is -0.295 e. The van der Waals surface area contributed by atoms with Crippen molar-refractivity contribution in [3.63, 3.8) is 0 Å². The molecule has 2 aromatic rings. The molecule has 1 heterocycles. The van der Waals surface area contributed by atoms with Crippen LogP contribution < -0.4 is 4.90 Å². The lowest BCUT2D eigenvalue weighted by molar-refractivity contribution is -0.140. The SMILES string of the molecule is CC(=O)c1cccc(N(CN2C(=O)[C@@H]3[C@H]4C=C[C@@H]([C@@H]5C[C@@H]45)[C@@H]3C2=O)C(=O)c2ccccc2)c1. The molecule has 6 heteroatoms. The molecule has 1 saturated heterocycles. The van der Waals surface area contributed by atoms with Gasteiger partial charge in [-0.3, -0.25) is 29.0 Å². The van der Waals surface area contributed by atoms with Crippen molar-refractivity contribution in [3.8, 4) is 0 Å². The van der Waals surface area contributed by atoms with Crippen molar-refractivity contribution in [3.05, 3.63) is 77.9 Å². The Hall–Kier alpha value is -3.54. The predicted molar refractivity (Wildman–Crippen MR) is 121 cm³/mol. The van der Waals surface area contributed by atoms with Crippen molar-refractivity contribution in [2.24, 2.45) is 35.5 Å². The van der Waals surface area contributed by atoms with Crippen LogP contribution in [-0.2, 0) is 9.59 Å². The number of nitrogens with zero attached hydrogens (tertiary/aromatic N) is 2. The molecule has 4 aliphatic carbocycles. The number of amides is 3. The maximum atomic E-state index is 13.5. The summed E-state index contributed by atoms with van der Waals surface area (Å²) >= 11 is 0. The van der Waals surface area contributed by atoms with Crippen LogP contribution in [0.2, 0.25) is 0 Å². The summed E-state index contributed by atoms with van der Waals surface area (Å²) in [4.78, 5) is 55.2. The average molecular weight is 440 g/mol. The summed E-state index contributed by atoms with van der Waals surface area (Å²) < 4.78 is 0. The second kappa shape index (κ2) is 7.24. The van der Waals surface area contributed by atoms with Gasteiger partial charge in [0, 0.05) is 16.8 Å². The van der Waals surface area contributed by atoms with Gasteiger partial charge in [0.05, 0.1) is 11.8 Å². The van der Waals surface area contributed by atoms with Gasteiger partial charge in [0.25, 0.3) is 5.91 Å². The Kier molecular flexibility index (Phi) is 4.41. The summed E-state index contributed by atoms with van der Waals surface area (Å²) in [6, 6.07) is 15.5. The molecule has 2 saturated carbocycles. The molecule has 0 unspecified atom stereocenters. The molecule has 6 nitrogen and oxygen atoms in total. The quantitative estimate of drug-likeness (QED) is 0.405. The van der Waals surface area contributed by atoms with Crippen LogP contribution in [0.15, 0.2) is 66.7 Å². The zero-order valence-electron chi connectivity index (χ0n) is 18.3. The molecule has 0 radical (unpaired) electrons. The first kappa shape index (κ1) is 20.1. The molecule has 2 aromatic carbocycles. The first-order chi connectivity index (χ1) is 16.0. The molecule has 1 aliphatic heterocycles. The molecule has 0 aromatic heterocycles. The summed E-state index contributed by atoms with van der Waals surface area (Å²) in [5, 5.41) is 0. The van der Waals surface area contributed by atoms with Crippen LogP contribution in [0.4, 0.5) is 5.69 Å². The highest BCUT2D eigenvalue weighted by Gasteiger charge is 2.67. The van der Waals surface area contributed by atoms with Gasteiger partial charge in [-0.2, -0.15) is 0 Å². The number of likely N-dealkylation sites (tertiary alicyclic amines) is 1. The minimum absolute atomic E-state index is 0.120. The molecule has 6 atom stereocenters. The van der Waals surface area contributed by atoms with Crippen LogP contribution >= 0.6 is 0 Å². The van der Waals surface area contributed by atoms with Gasteiger partial charge in [0.15, 0.2) is 5.78 Å². The van der Waals surface area contributed by atoms with E-state index in [4.69, 9.17) is 0 Å². The van der Waals surface area contributed by atoms with E-state index in [1.54, 1.807) is 48.5 Å². The molecule has 3 fully saturated rings. The number of ketones is 1. The van der Waals surface area contributed by atoms with Crippen molar-refractivity contribution in [1.29, 1.82) is 0 Å². The van der Waals surface area contributed by atoms with Crippen LogP contribution in [0, 0.1) is 35.5 Å².